The number of aryl methyl sites for hydroxylation is 1. The van der Waals surface area contributed by atoms with E-state index in [0.29, 0.717) is 25.1 Å². The number of aromatic nitrogens is 3. The lowest BCUT2D eigenvalue weighted by Gasteiger charge is -2.31. The zero-order valence-corrected chi connectivity index (χ0v) is 19.6. The van der Waals surface area contributed by atoms with Crippen LogP contribution in [-0.4, -0.2) is 51.6 Å². The van der Waals surface area contributed by atoms with Crippen molar-refractivity contribution in [1.82, 2.24) is 19.9 Å². The summed E-state index contributed by atoms with van der Waals surface area (Å²) in [6.07, 6.45) is 5.64. The van der Waals surface area contributed by atoms with Crippen LogP contribution < -0.4 is 4.90 Å². The minimum atomic E-state index is -0.918. The van der Waals surface area contributed by atoms with Crippen LogP contribution >= 0.6 is 0 Å². The van der Waals surface area contributed by atoms with Crippen molar-refractivity contribution in [2.45, 2.75) is 32.5 Å². The van der Waals surface area contributed by atoms with Crippen LogP contribution in [0.2, 0.25) is 0 Å². The smallest absolute Gasteiger partial charge is 0.253 e. The maximum atomic E-state index is 13.6. The molecule has 0 aliphatic carbocycles. The second kappa shape index (κ2) is 8.73. The van der Waals surface area contributed by atoms with E-state index in [4.69, 9.17) is 4.98 Å². The second-order valence-electron chi connectivity index (χ2n) is 9.42. The molecule has 1 saturated heterocycles. The van der Waals surface area contributed by atoms with Gasteiger partial charge in [0.15, 0.2) is 0 Å². The third kappa shape index (κ3) is 4.01. The van der Waals surface area contributed by atoms with E-state index in [9.17, 15) is 9.18 Å². The number of amides is 1. The number of hydrogen-bond acceptors (Lipinski definition) is 5. The number of alkyl halides is 1. The highest BCUT2D eigenvalue weighted by molar-refractivity contribution is 5.96. The third-order valence-corrected chi connectivity index (χ3v) is 7.09. The van der Waals surface area contributed by atoms with Crippen LogP contribution in [0.3, 0.4) is 0 Å². The number of nitrogens with zero attached hydrogens (tertiary/aromatic N) is 5. The highest BCUT2D eigenvalue weighted by Gasteiger charge is 2.28. The molecular weight excluding hydrogens is 441 g/mol. The summed E-state index contributed by atoms with van der Waals surface area (Å²) < 4.78 is 13.6. The number of carbonyl (C=O) groups is 1. The van der Waals surface area contributed by atoms with Crippen molar-refractivity contribution in [3.8, 4) is 11.1 Å². The molecule has 7 heteroatoms. The van der Waals surface area contributed by atoms with Crippen LogP contribution in [0.25, 0.3) is 22.0 Å². The molecule has 35 heavy (non-hydrogen) atoms. The fourth-order valence-corrected chi connectivity index (χ4v) is 5.24. The van der Waals surface area contributed by atoms with E-state index in [1.54, 1.807) is 17.4 Å². The number of likely N-dealkylation sites (tertiary alicyclic amines) is 1. The van der Waals surface area contributed by atoms with Crippen molar-refractivity contribution < 1.29 is 9.18 Å². The number of benzene rings is 2. The first-order chi connectivity index (χ1) is 17.1. The SMILES string of the molecule is Cc1cc(-c2cccnc2)cc2c(N3CCc4ccc(C(=O)N5CC[C@@H](F)C5)cc4C3)ncnc12. The van der Waals surface area contributed by atoms with Crippen LogP contribution in [0.5, 0.6) is 0 Å². The molecule has 2 aromatic carbocycles. The van der Waals surface area contributed by atoms with Gasteiger partial charge in [-0.15, -0.1) is 0 Å². The first kappa shape index (κ1) is 21.6. The van der Waals surface area contributed by atoms with Crippen molar-refractivity contribution in [3.05, 3.63) is 83.4 Å². The Bertz CT molecular complexity index is 1420. The lowest BCUT2D eigenvalue weighted by Crippen LogP contribution is -2.32. The number of hydrogen-bond donors (Lipinski definition) is 0. The number of carbonyl (C=O) groups excluding carboxylic acids is 1. The predicted molar refractivity (Wildman–Crippen MR) is 134 cm³/mol. The van der Waals surface area contributed by atoms with Gasteiger partial charge in [-0.25, -0.2) is 14.4 Å². The normalized spacial score (nSPS) is 17.6. The van der Waals surface area contributed by atoms with Crippen LogP contribution in [0.15, 0.2) is 61.2 Å². The summed E-state index contributed by atoms with van der Waals surface area (Å²) in [4.78, 5) is 30.3. The molecule has 6 nitrogen and oxygen atoms in total. The molecule has 1 fully saturated rings. The second-order valence-corrected chi connectivity index (χ2v) is 9.42. The van der Waals surface area contributed by atoms with Crippen molar-refractivity contribution in [2.24, 2.45) is 0 Å². The van der Waals surface area contributed by atoms with Crippen LogP contribution in [0.1, 0.15) is 33.5 Å². The summed E-state index contributed by atoms with van der Waals surface area (Å²) in [5, 5.41) is 1.01. The number of rotatable bonds is 3. The van der Waals surface area contributed by atoms with E-state index in [-0.39, 0.29) is 12.5 Å². The van der Waals surface area contributed by atoms with Gasteiger partial charge in [-0.2, -0.15) is 0 Å². The monoisotopic (exact) mass is 467 g/mol. The van der Waals surface area contributed by atoms with E-state index in [2.05, 4.69) is 40.0 Å². The molecule has 1 atom stereocenters. The maximum absolute atomic E-state index is 13.6. The molecule has 0 N–H and O–H groups in total. The Labute approximate surface area is 203 Å². The molecule has 0 spiro atoms. The maximum Gasteiger partial charge on any atom is 0.253 e. The van der Waals surface area contributed by atoms with E-state index in [0.717, 1.165) is 51.9 Å². The zero-order chi connectivity index (χ0) is 23.9. The summed E-state index contributed by atoms with van der Waals surface area (Å²) in [5.41, 5.74) is 7.15. The Kier molecular flexibility index (Phi) is 5.40. The number of fused-ring (bicyclic) bond motifs is 2. The summed E-state index contributed by atoms with van der Waals surface area (Å²) in [7, 11) is 0. The number of anilines is 1. The number of pyridine rings is 1. The van der Waals surface area contributed by atoms with Crippen LogP contribution in [0.4, 0.5) is 10.2 Å². The predicted octanol–water partition coefficient (Wildman–Crippen LogP) is 4.75. The van der Waals surface area contributed by atoms with E-state index >= 15 is 0 Å². The lowest BCUT2D eigenvalue weighted by molar-refractivity contribution is 0.0782. The molecule has 1 amide bonds. The Balaban J connectivity index is 1.35. The molecule has 4 heterocycles. The van der Waals surface area contributed by atoms with Gasteiger partial charge in [0, 0.05) is 48.5 Å². The first-order valence-electron chi connectivity index (χ1n) is 12.0. The average molecular weight is 468 g/mol. The number of halogens is 1. The Morgan fingerprint density at radius 2 is 1.97 bits per heavy atom. The Hall–Kier alpha value is -3.87. The highest BCUT2D eigenvalue weighted by Crippen LogP contribution is 2.33. The van der Waals surface area contributed by atoms with Gasteiger partial charge in [0.05, 0.1) is 12.1 Å². The van der Waals surface area contributed by atoms with Gasteiger partial charge in [-0.1, -0.05) is 12.1 Å². The van der Waals surface area contributed by atoms with Crippen molar-refractivity contribution in [1.29, 1.82) is 0 Å². The van der Waals surface area contributed by atoms with Gasteiger partial charge in [0.2, 0.25) is 0 Å². The zero-order valence-electron chi connectivity index (χ0n) is 19.6. The minimum Gasteiger partial charge on any atom is -0.351 e. The summed E-state index contributed by atoms with van der Waals surface area (Å²) in [5.74, 6) is 0.806. The van der Waals surface area contributed by atoms with E-state index in [1.165, 1.54) is 5.56 Å². The molecule has 2 aliphatic rings. The largest absolute Gasteiger partial charge is 0.351 e. The van der Waals surface area contributed by atoms with Gasteiger partial charge >= 0.3 is 0 Å². The fourth-order valence-electron chi connectivity index (χ4n) is 5.24. The fraction of sp³-hybridized carbons (Fsp3) is 0.286. The van der Waals surface area contributed by atoms with Gasteiger partial charge < -0.3 is 9.80 Å². The molecule has 4 aromatic rings. The van der Waals surface area contributed by atoms with Gasteiger partial charge in [-0.3, -0.25) is 9.78 Å². The average Bonchev–Trinajstić information content (AvgIpc) is 3.34. The highest BCUT2D eigenvalue weighted by atomic mass is 19.1. The molecule has 0 bridgehead atoms. The summed E-state index contributed by atoms with van der Waals surface area (Å²) in [6.45, 7) is 4.23. The molecule has 6 rings (SSSR count). The Morgan fingerprint density at radius 1 is 1.06 bits per heavy atom. The van der Waals surface area contributed by atoms with E-state index in [1.807, 2.05) is 30.5 Å². The van der Waals surface area contributed by atoms with Crippen LogP contribution in [0, 0.1) is 6.92 Å². The first-order valence-corrected chi connectivity index (χ1v) is 12.0. The summed E-state index contributed by atoms with van der Waals surface area (Å²) >= 11 is 0. The topological polar surface area (TPSA) is 62.2 Å². The van der Waals surface area contributed by atoms with Crippen molar-refractivity contribution >= 4 is 22.6 Å². The quantitative estimate of drug-likeness (QED) is 0.435. The van der Waals surface area contributed by atoms with E-state index < -0.39 is 6.17 Å². The molecule has 2 aromatic heterocycles. The molecule has 0 unspecified atom stereocenters. The molecule has 0 saturated carbocycles. The van der Waals surface area contributed by atoms with Crippen LogP contribution in [-0.2, 0) is 13.0 Å². The van der Waals surface area contributed by atoms with Gasteiger partial charge in [0.1, 0.15) is 18.3 Å². The standard InChI is InChI=1S/C28H26FN5O/c1-18-11-22(21-3-2-8-30-14-21)13-25-26(18)31-17-32-27(25)33-9-6-19-4-5-20(12-23(19)15-33)28(35)34-10-7-24(29)16-34/h2-5,8,11-14,17,24H,6-7,9-10,15-16H2,1H3/t24-/m1/s1. The molecule has 0 radical (unpaired) electrons. The van der Waals surface area contributed by atoms with Crippen molar-refractivity contribution in [2.75, 3.05) is 24.5 Å². The third-order valence-electron chi connectivity index (χ3n) is 7.09. The minimum absolute atomic E-state index is 0.0886. The lowest BCUT2D eigenvalue weighted by atomic mass is 9.96. The molecular formula is C28H26FN5O. The van der Waals surface area contributed by atoms with Crippen molar-refractivity contribution in [3.63, 3.8) is 0 Å². The molecule has 176 valence electrons. The van der Waals surface area contributed by atoms with Gasteiger partial charge in [-0.05, 0) is 72.4 Å². The van der Waals surface area contributed by atoms with Gasteiger partial charge in [0.25, 0.3) is 5.91 Å². The summed E-state index contributed by atoms with van der Waals surface area (Å²) in [6, 6.07) is 14.2. The Morgan fingerprint density at radius 3 is 2.77 bits per heavy atom. The molecule has 2 aliphatic heterocycles.